The molecule has 24 heavy (non-hydrogen) atoms. The van der Waals surface area contributed by atoms with E-state index in [0.717, 1.165) is 83.7 Å². The number of halogens is 1. The number of rotatable bonds is 2. The van der Waals surface area contributed by atoms with Crippen molar-refractivity contribution in [1.29, 1.82) is 0 Å². The largest absolute Gasteiger partial charge is 0.342 e. The number of carbonyl (C=O) groups excluding carboxylic acids is 2. The monoisotopic (exact) mass is 357 g/mol. The molecule has 1 unspecified atom stereocenters. The first kappa shape index (κ1) is 19.5. The number of likely N-dealkylation sites (tertiary alicyclic amines) is 2. The van der Waals surface area contributed by atoms with Gasteiger partial charge in [-0.15, -0.1) is 12.4 Å². The first-order valence-electron chi connectivity index (χ1n) is 9.43. The summed E-state index contributed by atoms with van der Waals surface area (Å²) >= 11 is 0. The molecule has 0 saturated carbocycles. The molecular formula is C18H32ClN3O2. The highest BCUT2D eigenvalue weighted by Crippen LogP contribution is 2.25. The van der Waals surface area contributed by atoms with Crippen molar-refractivity contribution in [2.24, 2.45) is 17.8 Å². The minimum Gasteiger partial charge on any atom is -0.342 e. The van der Waals surface area contributed by atoms with Crippen molar-refractivity contribution < 1.29 is 9.59 Å². The van der Waals surface area contributed by atoms with Crippen molar-refractivity contribution in [2.75, 3.05) is 39.3 Å². The lowest BCUT2D eigenvalue weighted by molar-refractivity contribution is -0.143. The number of nitrogens with one attached hydrogen (secondary N) is 1. The van der Waals surface area contributed by atoms with E-state index in [-0.39, 0.29) is 24.2 Å². The Kier molecular flexibility index (Phi) is 7.35. The highest BCUT2D eigenvalue weighted by atomic mass is 35.5. The van der Waals surface area contributed by atoms with Gasteiger partial charge in [0.1, 0.15) is 0 Å². The van der Waals surface area contributed by atoms with Crippen LogP contribution < -0.4 is 5.32 Å². The van der Waals surface area contributed by atoms with Crippen molar-refractivity contribution in [1.82, 2.24) is 15.1 Å². The number of carbonyl (C=O) groups is 2. The van der Waals surface area contributed by atoms with E-state index in [1.807, 2.05) is 4.90 Å². The Hall–Kier alpha value is -0.810. The summed E-state index contributed by atoms with van der Waals surface area (Å²) in [5.74, 6) is 1.68. The Morgan fingerprint density at radius 3 is 1.92 bits per heavy atom. The van der Waals surface area contributed by atoms with Crippen LogP contribution >= 0.6 is 12.4 Å². The summed E-state index contributed by atoms with van der Waals surface area (Å²) in [7, 11) is 0. The molecule has 0 aliphatic carbocycles. The number of hydrogen-bond donors (Lipinski definition) is 1. The molecule has 0 aromatic carbocycles. The van der Waals surface area contributed by atoms with Gasteiger partial charge in [0.2, 0.25) is 11.8 Å². The second kappa shape index (κ2) is 9.04. The molecule has 2 amide bonds. The standard InChI is InChI=1S/C18H31N3O2.ClH/c1-14-4-9-20(10-5-14)17(22)15-6-11-21(12-7-15)18(23)16-3-2-8-19-13-16;/h14-16,19H,2-13H2,1H3;1H. The van der Waals surface area contributed by atoms with E-state index in [1.165, 1.54) is 0 Å². The fraction of sp³-hybridized carbons (Fsp3) is 0.889. The molecule has 0 spiro atoms. The fourth-order valence-corrected chi connectivity index (χ4v) is 4.15. The van der Waals surface area contributed by atoms with Crippen molar-refractivity contribution >= 4 is 24.2 Å². The third-order valence-electron chi connectivity index (χ3n) is 5.90. The average Bonchev–Trinajstić information content (AvgIpc) is 2.62. The predicted octanol–water partition coefficient (Wildman–Crippen LogP) is 1.90. The van der Waals surface area contributed by atoms with Crippen LogP contribution in [0.1, 0.15) is 45.4 Å². The van der Waals surface area contributed by atoms with Crippen molar-refractivity contribution in [3.05, 3.63) is 0 Å². The number of piperidine rings is 3. The molecular weight excluding hydrogens is 326 g/mol. The van der Waals surface area contributed by atoms with E-state index in [9.17, 15) is 9.59 Å². The van der Waals surface area contributed by atoms with Gasteiger partial charge in [0.25, 0.3) is 0 Å². The second-order valence-electron chi connectivity index (χ2n) is 7.65. The van der Waals surface area contributed by atoms with Crippen LogP contribution in [0.25, 0.3) is 0 Å². The maximum Gasteiger partial charge on any atom is 0.226 e. The van der Waals surface area contributed by atoms with Crippen LogP contribution in [-0.4, -0.2) is 60.9 Å². The number of amides is 2. The van der Waals surface area contributed by atoms with E-state index in [1.54, 1.807) is 0 Å². The van der Waals surface area contributed by atoms with Crippen LogP contribution in [0.15, 0.2) is 0 Å². The molecule has 0 aromatic rings. The van der Waals surface area contributed by atoms with E-state index in [4.69, 9.17) is 0 Å². The lowest BCUT2D eigenvalue weighted by Gasteiger charge is -2.38. The molecule has 3 heterocycles. The third-order valence-corrected chi connectivity index (χ3v) is 5.90. The van der Waals surface area contributed by atoms with Gasteiger partial charge < -0.3 is 15.1 Å². The van der Waals surface area contributed by atoms with Crippen LogP contribution in [0, 0.1) is 17.8 Å². The van der Waals surface area contributed by atoms with Crippen LogP contribution in [0.5, 0.6) is 0 Å². The van der Waals surface area contributed by atoms with E-state index >= 15 is 0 Å². The third kappa shape index (κ3) is 4.63. The maximum atomic E-state index is 12.7. The molecule has 0 radical (unpaired) electrons. The van der Waals surface area contributed by atoms with Crippen LogP contribution in [0.4, 0.5) is 0 Å². The summed E-state index contributed by atoms with van der Waals surface area (Å²) in [6.45, 7) is 7.50. The maximum absolute atomic E-state index is 12.7. The highest BCUT2D eigenvalue weighted by molar-refractivity contribution is 5.85. The van der Waals surface area contributed by atoms with Gasteiger partial charge in [0.15, 0.2) is 0 Å². The molecule has 1 N–H and O–H groups in total. The Bertz CT molecular complexity index is 424. The average molecular weight is 358 g/mol. The zero-order valence-corrected chi connectivity index (χ0v) is 15.7. The fourth-order valence-electron chi connectivity index (χ4n) is 4.15. The lowest BCUT2D eigenvalue weighted by Crippen LogP contribution is -2.49. The number of nitrogens with zero attached hydrogens (tertiary/aromatic N) is 2. The van der Waals surface area contributed by atoms with Gasteiger partial charge in [0, 0.05) is 38.6 Å². The normalized spacial score (nSPS) is 26.8. The Morgan fingerprint density at radius 1 is 0.833 bits per heavy atom. The zero-order valence-electron chi connectivity index (χ0n) is 14.8. The van der Waals surface area contributed by atoms with Crippen molar-refractivity contribution in [3.8, 4) is 0 Å². The van der Waals surface area contributed by atoms with Gasteiger partial charge in [-0.2, -0.15) is 0 Å². The second-order valence-corrected chi connectivity index (χ2v) is 7.65. The SMILES string of the molecule is CC1CCN(C(=O)C2CCN(C(=O)C3CCCNC3)CC2)CC1.Cl. The smallest absolute Gasteiger partial charge is 0.226 e. The van der Waals surface area contributed by atoms with Crippen LogP contribution in [0.3, 0.4) is 0 Å². The summed E-state index contributed by atoms with van der Waals surface area (Å²) in [4.78, 5) is 29.3. The van der Waals surface area contributed by atoms with Crippen molar-refractivity contribution in [2.45, 2.75) is 45.4 Å². The molecule has 3 rings (SSSR count). The number of hydrogen-bond acceptors (Lipinski definition) is 3. The Balaban J connectivity index is 0.00000208. The van der Waals surface area contributed by atoms with Gasteiger partial charge in [-0.3, -0.25) is 9.59 Å². The summed E-state index contributed by atoms with van der Waals surface area (Å²) in [5, 5.41) is 3.32. The minimum absolute atomic E-state index is 0. The van der Waals surface area contributed by atoms with Crippen molar-refractivity contribution in [3.63, 3.8) is 0 Å². The van der Waals surface area contributed by atoms with Crippen LogP contribution in [-0.2, 0) is 9.59 Å². The van der Waals surface area contributed by atoms with Gasteiger partial charge in [-0.05, 0) is 51.0 Å². The molecule has 0 aromatic heterocycles. The molecule has 3 saturated heterocycles. The van der Waals surface area contributed by atoms with Gasteiger partial charge in [0.05, 0.1) is 5.92 Å². The van der Waals surface area contributed by atoms with Gasteiger partial charge >= 0.3 is 0 Å². The van der Waals surface area contributed by atoms with E-state index in [2.05, 4.69) is 17.1 Å². The molecule has 5 nitrogen and oxygen atoms in total. The van der Waals surface area contributed by atoms with E-state index in [0.29, 0.717) is 11.8 Å². The molecule has 3 aliphatic heterocycles. The van der Waals surface area contributed by atoms with E-state index < -0.39 is 0 Å². The summed E-state index contributed by atoms with van der Waals surface area (Å²) in [5.41, 5.74) is 0. The summed E-state index contributed by atoms with van der Waals surface area (Å²) < 4.78 is 0. The van der Waals surface area contributed by atoms with Gasteiger partial charge in [-0.1, -0.05) is 6.92 Å². The molecule has 6 heteroatoms. The minimum atomic E-state index is 0. The molecule has 3 aliphatic rings. The summed E-state index contributed by atoms with van der Waals surface area (Å²) in [6.07, 6.45) is 6.07. The lowest BCUT2D eigenvalue weighted by atomic mass is 9.91. The topological polar surface area (TPSA) is 52.7 Å². The first-order chi connectivity index (χ1) is 11.1. The van der Waals surface area contributed by atoms with Crippen LogP contribution in [0.2, 0.25) is 0 Å². The molecule has 138 valence electrons. The predicted molar refractivity (Wildman–Crippen MR) is 97.1 cm³/mol. The first-order valence-corrected chi connectivity index (χ1v) is 9.43. The van der Waals surface area contributed by atoms with Gasteiger partial charge in [-0.25, -0.2) is 0 Å². The molecule has 1 atom stereocenters. The molecule has 3 fully saturated rings. The Morgan fingerprint density at radius 2 is 1.38 bits per heavy atom. The molecule has 0 bridgehead atoms. The highest BCUT2D eigenvalue weighted by Gasteiger charge is 2.33. The Labute approximate surface area is 151 Å². The summed E-state index contributed by atoms with van der Waals surface area (Å²) in [6, 6.07) is 0. The zero-order chi connectivity index (χ0) is 16.2. The quantitative estimate of drug-likeness (QED) is 0.821.